The van der Waals surface area contributed by atoms with Crippen molar-refractivity contribution in [1.82, 2.24) is 10.3 Å². The summed E-state index contributed by atoms with van der Waals surface area (Å²) >= 11 is 0. The number of aromatic amines is 1. The van der Waals surface area contributed by atoms with Crippen LogP contribution in [0, 0.1) is 12.7 Å². The number of hydrogen-bond donors (Lipinski definition) is 3. The number of aromatic nitrogens is 1. The van der Waals surface area contributed by atoms with Gasteiger partial charge in [0, 0.05) is 30.8 Å². The quantitative estimate of drug-likeness (QED) is 0.576. The highest BCUT2D eigenvalue weighted by Gasteiger charge is 2.26. The van der Waals surface area contributed by atoms with Gasteiger partial charge in [-0.15, -0.1) is 0 Å². The molecule has 0 aliphatic carbocycles. The van der Waals surface area contributed by atoms with Crippen molar-refractivity contribution in [3.8, 4) is 0 Å². The van der Waals surface area contributed by atoms with E-state index in [0.29, 0.717) is 41.9 Å². The molecule has 1 atom stereocenters. The van der Waals surface area contributed by atoms with Gasteiger partial charge in [-0.05, 0) is 72.9 Å². The monoisotopic (exact) mass is 430 g/mol. The Balaban J connectivity index is 1.43. The Morgan fingerprint density at radius 2 is 2.00 bits per heavy atom. The van der Waals surface area contributed by atoms with Crippen molar-refractivity contribution in [2.24, 2.45) is 4.99 Å². The van der Waals surface area contributed by atoms with Crippen molar-refractivity contribution in [3.63, 3.8) is 0 Å². The molecule has 0 saturated carbocycles. The molecule has 3 heterocycles. The number of rotatable bonds is 5. The third-order valence-electron chi connectivity index (χ3n) is 6.09. The lowest BCUT2D eigenvalue weighted by Crippen LogP contribution is -2.25. The number of nitrogens with zero attached hydrogens (tertiary/aromatic N) is 1. The number of carbonyl (C=O) groups is 1. The van der Waals surface area contributed by atoms with E-state index < -0.39 is 0 Å². The first-order valence-corrected chi connectivity index (χ1v) is 10.6. The molecule has 3 N–H and O–H groups in total. The topological polar surface area (TPSA) is 86.3 Å². The maximum atomic E-state index is 13.7. The molecular weight excluding hydrogens is 407 g/mol. The van der Waals surface area contributed by atoms with Crippen LogP contribution in [0.4, 0.5) is 15.8 Å². The Morgan fingerprint density at radius 1 is 1.16 bits per heavy atom. The molecule has 0 radical (unpaired) electrons. The minimum absolute atomic E-state index is 0.0343. The third kappa shape index (κ3) is 3.60. The predicted octanol–water partition coefficient (Wildman–Crippen LogP) is 3.79. The number of nitrogens with one attached hydrogen (secondary N) is 3. The molecule has 32 heavy (non-hydrogen) atoms. The van der Waals surface area contributed by atoms with E-state index in [1.54, 1.807) is 18.3 Å². The molecule has 3 aromatic rings. The van der Waals surface area contributed by atoms with Crippen molar-refractivity contribution in [2.75, 3.05) is 5.32 Å². The molecule has 0 unspecified atom stereocenters. The first-order chi connectivity index (χ1) is 15.4. The highest BCUT2D eigenvalue weighted by Crippen LogP contribution is 2.34. The first-order valence-electron chi connectivity index (χ1n) is 10.6. The zero-order valence-corrected chi connectivity index (χ0v) is 17.9. The van der Waals surface area contributed by atoms with Gasteiger partial charge in [-0.1, -0.05) is 6.07 Å². The minimum atomic E-state index is -0.256. The summed E-state index contributed by atoms with van der Waals surface area (Å²) in [6.45, 7) is 4.47. The van der Waals surface area contributed by atoms with Crippen LogP contribution in [-0.2, 0) is 19.4 Å². The molecule has 2 aromatic carbocycles. The van der Waals surface area contributed by atoms with E-state index in [1.165, 1.54) is 6.07 Å². The number of halogens is 1. The van der Waals surface area contributed by atoms with Crippen LogP contribution in [0.15, 0.2) is 52.4 Å². The van der Waals surface area contributed by atoms with Crippen LogP contribution in [0.2, 0.25) is 0 Å². The fourth-order valence-corrected chi connectivity index (χ4v) is 4.45. The summed E-state index contributed by atoms with van der Waals surface area (Å²) in [4.78, 5) is 32.3. The van der Waals surface area contributed by atoms with Gasteiger partial charge in [0.1, 0.15) is 5.82 Å². The Bertz CT molecular complexity index is 1340. The second kappa shape index (κ2) is 7.75. The number of carbonyl (C=O) groups excluding carboxylic acids is 1. The molecule has 1 aromatic heterocycles. The number of pyridine rings is 1. The van der Waals surface area contributed by atoms with Crippen LogP contribution in [0.25, 0.3) is 0 Å². The summed E-state index contributed by atoms with van der Waals surface area (Å²) in [5.41, 5.74) is 6.93. The molecule has 0 saturated heterocycles. The standard InChI is InChI=1S/C25H23FN4O2/c1-13-3-4-18(26)8-15(13)7-14(2)29-20-5-6-27-25(32)23(20)22-10-16-9-19-17(11-21(16)30-22)12-28-24(19)31/h3-6,8-9,11,14H,7,10,12H2,1-2H3,(H,28,31)(H2,27,29,32)/t14-/m0/s1. The van der Waals surface area contributed by atoms with Gasteiger partial charge in [0.15, 0.2) is 0 Å². The number of benzene rings is 2. The highest BCUT2D eigenvalue weighted by atomic mass is 19.1. The molecule has 0 bridgehead atoms. The van der Waals surface area contributed by atoms with Crippen molar-refractivity contribution in [3.05, 3.63) is 92.1 Å². The van der Waals surface area contributed by atoms with E-state index in [4.69, 9.17) is 4.99 Å². The van der Waals surface area contributed by atoms with Crippen molar-refractivity contribution in [2.45, 2.75) is 39.3 Å². The largest absolute Gasteiger partial charge is 0.382 e. The van der Waals surface area contributed by atoms with Crippen LogP contribution in [0.1, 0.15) is 45.1 Å². The van der Waals surface area contributed by atoms with Gasteiger partial charge in [-0.25, -0.2) is 4.39 Å². The number of aryl methyl sites for hydroxylation is 1. The Morgan fingerprint density at radius 3 is 2.84 bits per heavy atom. The molecule has 7 heteroatoms. The van der Waals surface area contributed by atoms with Crippen molar-refractivity contribution >= 4 is 23.0 Å². The normalized spacial score (nSPS) is 15.1. The van der Waals surface area contributed by atoms with E-state index in [2.05, 4.69) is 15.6 Å². The summed E-state index contributed by atoms with van der Waals surface area (Å²) in [7, 11) is 0. The smallest absolute Gasteiger partial charge is 0.259 e. The summed E-state index contributed by atoms with van der Waals surface area (Å²) in [5.74, 6) is -0.328. The molecule has 162 valence electrons. The van der Waals surface area contributed by atoms with Gasteiger partial charge in [-0.3, -0.25) is 14.6 Å². The van der Waals surface area contributed by atoms with Crippen molar-refractivity contribution < 1.29 is 9.18 Å². The first kappa shape index (κ1) is 20.2. The molecule has 1 amide bonds. The van der Waals surface area contributed by atoms with Crippen LogP contribution >= 0.6 is 0 Å². The number of aliphatic imine (C=N–C) groups is 1. The minimum Gasteiger partial charge on any atom is -0.382 e. The number of H-pyrrole nitrogens is 1. The maximum Gasteiger partial charge on any atom is 0.259 e. The lowest BCUT2D eigenvalue weighted by molar-refractivity contribution is 0.0965. The van der Waals surface area contributed by atoms with Gasteiger partial charge in [0.25, 0.3) is 11.5 Å². The SMILES string of the molecule is Cc1ccc(F)cc1C[C@H](C)Nc1cc[nH]c(=O)c1C1=Nc2cc3c(cc2C1)C(=O)NC3. The zero-order valence-electron chi connectivity index (χ0n) is 17.9. The van der Waals surface area contributed by atoms with Crippen molar-refractivity contribution in [1.29, 1.82) is 0 Å². The van der Waals surface area contributed by atoms with Crippen LogP contribution in [0.5, 0.6) is 0 Å². The van der Waals surface area contributed by atoms with E-state index >= 15 is 0 Å². The Hall–Kier alpha value is -3.74. The van der Waals surface area contributed by atoms with Crippen LogP contribution in [-0.4, -0.2) is 22.6 Å². The molecule has 2 aliphatic rings. The lowest BCUT2D eigenvalue weighted by atomic mass is 9.99. The number of amides is 1. The second-order valence-electron chi connectivity index (χ2n) is 8.47. The average Bonchev–Trinajstić information content (AvgIpc) is 3.32. The maximum absolute atomic E-state index is 13.7. The predicted molar refractivity (Wildman–Crippen MR) is 123 cm³/mol. The fraction of sp³-hybridized carbons (Fsp3) is 0.240. The third-order valence-corrected chi connectivity index (χ3v) is 6.09. The molecular formula is C25H23FN4O2. The highest BCUT2D eigenvalue weighted by molar-refractivity contribution is 6.10. The number of hydrogen-bond acceptors (Lipinski definition) is 4. The molecule has 0 fully saturated rings. The molecule has 5 rings (SSSR count). The van der Waals surface area contributed by atoms with E-state index in [-0.39, 0.29) is 23.3 Å². The molecule has 6 nitrogen and oxygen atoms in total. The number of fused-ring (bicyclic) bond motifs is 2. The molecule has 2 aliphatic heterocycles. The van der Waals surface area contributed by atoms with E-state index in [9.17, 15) is 14.0 Å². The van der Waals surface area contributed by atoms with E-state index in [1.807, 2.05) is 32.0 Å². The van der Waals surface area contributed by atoms with E-state index in [0.717, 1.165) is 27.9 Å². The van der Waals surface area contributed by atoms with Gasteiger partial charge in [-0.2, -0.15) is 0 Å². The van der Waals surface area contributed by atoms with Gasteiger partial charge >= 0.3 is 0 Å². The lowest BCUT2D eigenvalue weighted by Gasteiger charge is -2.19. The summed E-state index contributed by atoms with van der Waals surface area (Å²) < 4.78 is 13.7. The summed E-state index contributed by atoms with van der Waals surface area (Å²) in [6, 6.07) is 10.4. The number of anilines is 1. The van der Waals surface area contributed by atoms with Crippen LogP contribution in [0.3, 0.4) is 0 Å². The van der Waals surface area contributed by atoms with Gasteiger partial charge < -0.3 is 15.6 Å². The summed E-state index contributed by atoms with van der Waals surface area (Å²) in [6.07, 6.45) is 2.70. The molecule has 0 spiro atoms. The van der Waals surface area contributed by atoms with Gasteiger partial charge in [0.05, 0.1) is 22.6 Å². The summed E-state index contributed by atoms with van der Waals surface area (Å²) in [5, 5.41) is 6.24. The fourth-order valence-electron chi connectivity index (χ4n) is 4.45. The second-order valence-corrected chi connectivity index (χ2v) is 8.47. The average molecular weight is 430 g/mol. The zero-order chi connectivity index (χ0) is 22.4. The van der Waals surface area contributed by atoms with Crippen LogP contribution < -0.4 is 16.2 Å². The Kier molecular flexibility index (Phi) is 4.89. The Labute approximate surface area is 184 Å². The van der Waals surface area contributed by atoms with Gasteiger partial charge in [0.2, 0.25) is 0 Å².